The number of amides is 3. The highest BCUT2D eigenvalue weighted by atomic mass is 35.5. The molecule has 0 bridgehead atoms. The van der Waals surface area contributed by atoms with Gasteiger partial charge in [-0.2, -0.15) is 13.2 Å². The average molecular weight is 644 g/mol. The fraction of sp³-hybridized carbons (Fsp3) is 0.344. The van der Waals surface area contributed by atoms with Crippen LogP contribution < -0.4 is 15.3 Å². The van der Waals surface area contributed by atoms with Gasteiger partial charge in [0.05, 0.1) is 12.0 Å². The van der Waals surface area contributed by atoms with Crippen LogP contribution in [0.5, 0.6) is 0 Å². The zero-order chi connectivity index (χ0) is 32.9. The lowest BCUT2D eigenvalue weighted by atomic mass is 9.86. The Labute approximate surface area is 263 Å². The Kier molecular flexibility index (Phi) is 10.2. The van der Waals surface area contributed by atoms with E-state index in [1.165, 1.54) is 46.3 Å². The van der Waals surface area contributed by atoms with E-state index >= 15 is 0 Å². The number of hydrogen-bond acceptors (Lipinski definition) is 6. The van der Waals surface area contributed by atoms with Crippen molar-refractivity contribution in [1.82, 2.24) is 15.2 Å². The number of nitrogens with one attached hydrogen (secondary N) is 1. The minimum absolute atomic E-state index is 0.0383. The van der Waals surface area contributed by atoms with Gasteiger partial charge in [-0.25, -0.2) is 4.98 Å². The molecule has 13 heteroatoms. The number of rotatable bonds is 10. The first-order chi connectivity index (χ1) is 21.2. The van der Waals surface area contributed by atoms with E-state index in [1.54, 1.807) is 38.1 Å². The zero-order valence-corrected chi connectivity index (χ0v) is 25.3. The van der Waals surface area contributed by atoms with Gasteiger partial charge in [0.1, 0.15) is 11.2 Å². The lowest BCUT2D eigenvalue weighted by molar-refractivity contribution is -0.306. The smallest absolute Gasteiger partial charge is 0.416 e. The predicted octanol–water partition coefficient (Wildman–Crippen LogP) is 4.37. The van der Waals surface area contributed by atoms with Crippen molar-refractivity contribution < 1.29 is 37.5 Å². The topological polar surface area (TPSA) is 123 Å². The van der Waals surface area contributed by atoms with E-state index < -0.39 is 59.9 Å². The fourth-order valence-corrected chi connectivity index (χ4v) is 5.42. The third kappa shape index (κ3) is 8.39. The summed E-state index contributed by atoms with van der Waals surface area (Å²) < 4.78 is 40.6. The molecule has 1 aliphatic heterocycles. The lowest BCUT2D eigenvalue weighted by Crippen LogP contribution is -2.52. The Morgan fingerprint density at radius 1 is 1.07 bits per heavy atom. The second-order valence-corrected chi connectivity index (χ2v) is 11.9. The number of carbonyl (C=O) groups excluding carboxylic acids is 4. The minimum atomic E-state index is -4.64. The summed E-state index contributed by atoms with van der Waals surface area (Å²) in [5, 5.41) is 13.7. The third-order valence-corrected chi connectivity index (χ3v) is 7.76. The summed E-state index contributed by atoms with van der Waals surface area (Å²) in [5.41, 5.74) is -0.577. The number of pyridine rings is 1. The van der Waals surface area contributed by atoms with Crippen molar-refractivity contribution in [3.8, 4) is 0 Å². The summed E-state index contributed by atoms with van der Waals surface area (Å²) in [6.45, 7) is 3.10. The number of benzene rings is 2. The van der Waals surface area contributed by atoms with Crippen LogP contribution in [0, 0.1) is 5.41 Å². The molecular weight excluding hydrogens is 613 g/mol. The summed E-state index contributed by atoms with van der Waals surface area (Å²) in [5.74, 6) is -3.21. The monoisotopic (exact) mass is 643 g/mol. The van der Waals surface area contributed by atoms with Crippen molar-refractivity contribution >= 4 is 41.0 Å². The minimum Gasteiger partial charge on any atom is -0.550 e. The molecule has 0 saturated heterocycles. The maximum Gasteiger partial charge on any atom is 0.416 e. The van der Waals surface area contributed by atoms with Crippen molar-refractivity contribution in [2.24, 2.45) is 5.41 Å². The van der Waals surface area contributed by atoms with Gasteiger partial charge in [-0.15, -0.1) is 0 Å². The van der Waals surface area contributed by atoms with Gasteiger partial charge in [-0.05, 0) is 53.6 Å². The lowest BCUT2D eigenvalue weighted by Gasteiger charge is -2.35. The predicted molar refractivity (Wildman–Crippen MR) is 158 cm³/mol. The Morgan fingerprint density at radius 3 is 2.44 bits per heavy atom. The Hall–Kier alpha value is -4.45. The van der Waals surface area contributed by atoms with Gasteiger partial charge < -0.3 is 25.0 Å². The van der Waals surface area contributed by atoms with Gasteiger partial charge in [-0.3, -0.25) is 14.4 Å². The van der Waals surface area contributed by atoms with Crippen LogP contribution in [0.25, 0.3) is 0 Å². The molecule has 9 nitrogen and oxygen atoms in total. The van der Waals surface area contributed by atoms with Gasteiger partial charge >= 0.3 is 6.18 Å². The highest BCUT2D eigenvalue weighted by molar-refractivity contribution is 6.29. The van der Waals surface area contributed by atoms with Crippen molar-refractivity contribution in [2.75, 3.05) is 11.4 Å². The second kappa shape index (κ2) is 13.7. The van der Waals surface area contributed by atoms with Crippen molar-refractivity contribution in [3.05, 3.63) is 94.3 Å². The van der Waals surface area contributed by atoms with Gasteiger partial charge in [-0.1, -0.05) is 61.8 Å². The molecule has 238 valence electrons. The van der Waals surface area contributed by atoms with E-state index in [1.807, 2.05) is 0 Å². The first kappa shape index (κ1) is 33.4. The van der Waals surface area contributed by atoms with Gasteiger partial charge in [0, 0.05) is 43.1 Å². The molecule has 0 aliphatic carbocycles. The van der Waals surface area contributed by atoms with Crippen LogP contribution >= 0.6 is 11.6 Å². The molecule has 2 aromatic carbocycles. The van der Waals surface area contributed by atoms with Crippen LogP contribution in [0.2, 0.25) is 5.15 Å². The molecule has 0 saturated carbocycles. The van der Waals surface area contributed by atoms with Gasteiger partial charge in [0.2, 0.25) is 11.8 Å². The second-order valence-electron chi connectivity index (χ2n) is 11.5. The molecule has 2 heterocycles. The molecule has 1 aromatic heterocycles. The largest absolute Gasteiger partial charge is 0.550 e. The Bertz CT molecular complexity index is 1600. The molecule has 3 amide bonds. The van der Waals surface area contributed by atoms with Crippen LogP contribution in [0.1, 0.15) is 60.2 Å². The van der Waals surface area contributed by atoms with E-state index in [-0.39, 0.29) is 42.2 Å². The molecule has 4 rings (SSSR count). The van der Waals surface area contributed by atoms with Crippen LogP contribution in [0.15, 0.2) is 66.9 Å². The number of aromatic nitrogens is 1. The van der Waals surface area contributed by atoms with E-state index in [9.17, 15) is 37.5 Å². The number of hydrogen-bond donors (Lipinski definition) is 1. The molecule has 0 fully saturated rings. The van der Waals surface area contributed by atoms with Crippen LogP contribution in [0.4, 0.5) is 18.9 Å². The fourth-order valence-electron chi connectivity index (χ4n) is 5.25. The van der Waals surface area contributed by atoms with E-state index in [4.69, 9.17) is 11.6 Å². The highest BCUT2D eigenvalue weighted by Crippen LogP contribution is 2.35. The average Bonchev–Trinajstić information content (AvgIpc) is 3.09. The zero-order valence-electron chi connectivity index (χ0n) is 24.6. The molecule has 1 atom stereocenters. The highest BCUT2D eigenvalue weighted by Gasteiger charge is 2.41. The number of carboxylic acids is 1. The van der Waals surface area contributed by atoms with Crippen molar-refractivity contribution in [1.29, 1.82) is 0 Å². The first-order valence-electron chi connectivity index (χ1n) is 14.1. The van der Waals surface area contributed by atoms with E-state index in [2.05, 4.69) is 10.3 Å². The maximum atomic E-state index is 14.4. The quantitative estimate of drug-likeness (QED) is 0.327. The molecule has 0 spiro atoms. The molecule has 3 aromatic rings. The normalized spacial score (nSPS) is 15.3. The molecule has 1 aliphatic rings. The van der Waals surface area contributed by atoms with Gasteiger partial charge in [0.25, 0.3) is 5.91 Å². The van der Waals surface area contributed by atoms with Crippen LogP contribution in [-0.2, 0) is 33.6 Å². The van der Waals surface area contributed by atoms with Crippen LogP contribution in [-0.4, -0.2) is 46.2 Å². The maximum absolute atomic E-state index is 14.4. The summed E-state index contributed by atoms with van der Waals surface area (Å²) in [6, 6.07) is 13.1. The van der Waals surface area contributed by atoms with E-state index in [0.717, 1.165) is 6.07 Å². The SMILES string of the molecule is CC(C)(CCC(=O)[O-])CN1C(=O)C(CC(=O)NCc2ccccc2C(F)(F)F)N(C(=O)c2ccnc(Cl)c2)Cc2ccccc21. The number of anilines is 1. The number of carboxylic acid groups (broad SMARTS) is 1. The van der Waals surface area contributed by atoms with Crippen molar-refractivity contribution in [3.63, 3.8) is 0 Å². The number of fused-ring (bicyclic) bond motifs is 1. The summed E-state index contributed by atoms with van der Waals surface area (Å²) >= 11 is 6.04. The van der Waals surface area contributed by atoms with E-state index in [0.29, 0.717) is 11.3 Å². The molecular formula is C32H31ClF3N4O5-. The number of halogens is 4. The number of nitrogens with zero attached hydrogens (tertiary/aromatic N) is 3. The summed E-state index contributed by atoms with van der Waals surface area (Å²) in [6.07, 6.45) is -3.92. The molecule has 1 N–H and O–H groups in total. The Morgan fingerprint density at radius 2 is 1.76 bits per heavy atom. The molecule has 1 unspecified atom stereocenters. The standard InChI is InChI=1S/C32H32ClF3N4O5/c1-31(2,13-11-28(42)43)19-40-24-10-6-4-8-22(24)18-39(29(44)20-12-14-37-26(33)15-20)25(30(40)45)16-27(41)38-17-21-7-3-5-9-23(21)32(34,35)36/h3-10,12,14-15,25H,11,13,16-19H2,1-2H3,(H,38,41)(H,42,43)/p-1. The third-order valence-electron chi connectivity index (χ3n) is 7.55. The Balaban J connectivity index is 1.70. The number of carbonyl (C=O) groups is 4. The van der Waals surface area contributed by atoms with Crippen LogP contribution in [0.3, 0.4) is 0 Å². The summed E-state index contributed by atoms with van der Waals surface area (Å²) in [7, 11) is 0. The molecule has 0 radical (unpaired) electrons. The number of alkyl halides is 3. The summed E-state index contributed by atoms with van der Waals surface area (Å²) in [4.78, 5) is 59.3. The van der Waals surface area contributed by atoms with Gasteiger partial charge in [0.15, 0.2) is 0 Å². The van der Waals surface area contributed by atoms with Crippen molar-refractivity contribution in [2.45, 2.75) is 58.4 Å². The molecule has 45 heavy (non-hydrogen) atoms. The number of para-hydroxylation sites is 1. The first-order valence-corrected chi connectivity index (χ1v) is 14.5. The number of aliphatic carboxylic acids is 1.